The molecule has 19 heavy (non-hydrogen) atoms. The first kappa shape index (κ1) is 15.3. The van der Waals surface area contributed by atoms with E-state index in [-0.39, 0.29) is 23.9 Å². The van der Waals surface area contributed by atoms with Crippen molar-refractivity contribution in [2.24, 2.45) is 0 Å². The predicted octanol–water partition coefficient (Wildman–Crippen LogP) is 1.83. The second kappa shape index (κ2) is 6.97. The maximum Gasteiger partial charge on any atom is 0.343 e. The molecule has 0 radical (unpaired) electrons. The summed E-state index contributed by atoms with van der Waals surface area (Å²) < 4.78 is 9.97. The molecule has 0 aromatic carbocycles. The molecule has 0 spiro atoms. The molecule has 104 valence electrons. The van der Waals surface area contributed by atoms with Crippen molar-refractivity contribution in [2.75, 3.05) is 31.4 Å². The van der Waals surface area contributed by atoms with E-state index in [1.54, 1.807) is 14.0 Å². The Morgan fingerprint density at radius 1 is 1.63 bits per heavy atom. The zero-order valence-corrected chi connectivity index (χ0v) is 12.0. The van der Waals surface area contributed by atoms with E-state index in [2.05, 4.69) is 5.32 Å². The Bertz CT molecular complexity index is 493. The summed E-state index contributed by atoms with van der Waals surface area (Å²) in [5, 5.41) is 12.6. The molecule has 1 unspecified atom stereocenters. The number of nitrogen functional groups attached to an aromatic ring is 1. The minimum atomic E-state index is -0.523. The minimum Gasteiger partial charge on any atom is -0.462 e. The molecule has 7 heteroatoms. The summed E-state index contributed by atoms with van der Waals surface area (Å²) >= 11 is 1.14. The Labute approximate surface area is 116 Å². The number of anilines is 2. The summed E-state index contributed by atoms with van der Waals surface area (Å²) in [6.45, 7) is 4.34. The number of nitrogens with one attached hydrogen (secondary N) is 1. The van der Waals surface area contributed by atoms with Gasteiger partial charge in [-0.3, -0.25) is 0 Å². The molecule has 0 bridgehead atoms. The Morgan fingerprint density at radius 2 is 2.32 bits per heavy atom. The van der Waals surface area contributed by atoms with E-state index in [9.17, 15) is 4.79 Å². The van der Waals surface area contributed by atoms with Crippen LogP contribution in [0.3, 0.4) is 0 Å². The van der Waals surface area contributed by atoms with Crippen molar-refractivity contribution < 1.29 is 14.3 Å². The first-order valence-corrected chi connectivity index (χ1v) is 6.61. The molecule has 1 aromatic heterocycles. The maximum atomic E-state index is 11.9. The van der Waals surface area contributed by atoms with E-state index in [1.807, 2.05) is 13.0 Å². The molecule has 1 heterocycles. The fourth-order valence-corrected chi connectivity index (χ4v) is 2.57. The number of hydrogen-bond acceptors (Lipinski definition) is 7. The first-order chi connectivity index (χ1) is 9.04. The number of carbonyl (C=O) groups excluding carboxylic acids is 1. The number of thiophene rings is 1. The molecule has 0 aliphatic carbocycles. The number of hydrogen-bond donors (Lipinski definition) is 2. The van der Waals surface area contributed by atoms with E-state index in [4.69, 9.17) is 20.5 Å². The summed E-state index contributed by atoms with van der Waals surface area (Å²) in [6, 6.07) is 1.96. The van der Waals surface area contributed by atoms with Crippen LogP contribution in [0.5, 0.6) is 0 Å². The standard InChI is InChI=1S/C12H17N3O3S/c1-4-18-12(16)9-10(14)8(5-13)19-11(9)15-7(2)6-17-3/h7,15H,4,6,14H2,1-3H3. The summed E-state index contributed by atoms with van der Waals surface area (Å²) in [6.07, 6.45) is 0. The molecule has 3 N–H and O–H groups in total. The average molecular weight is 283 g/mol. The first-order valence-electron chi connectivity index (χ1n) is 5.80. The quantitative estimate of drug-likeness (QED) is 0.773. The molecule has 1 atom stereocenters. The van der Waals surface area contributed by atoms with Crippen LogP contribution in [0, 0.1) is 11.3 Å². The van der Waals surface area contributed by atoms with Crippen molar-refractivity contribution in [1.82, 2.24) is 0 Å². The van der Waals surface area contributed by atoms with Crippen LogP contribution in [0.1, 0.15) is 29.1 Å². The molecular weight excluding hydrogens is 266 g/mol. The molecule has 1 rings (SSSR count). The van der Waals surface area contributed by atoms with Gasteiger partial charge in [0.15, 0.2) is 0 Å². The van der Waals surface area contributed by atoms with E-state index in [0.717, 1.165) is 11.3 Å². The van der Waals surface area contributed by atoms with Crippen molar-refractivity contribution in [3.63, 3.8) is 0 Å². The van der Waals surface area contributed by atoms with Crippen molar-refractivity contribution in [1.29, 1.82) is 5.26 Å². The predicted molar refractivity (Wildman–Crippen MR) is 74.4 cm³/mol. The van der Waals surface area contributed by atoms with E-state index in [1.165, 1.54) is 0 Å². The molecular formula is C12H17N3O3S. The molecule has 0 saturated heterocycles. The van der Waals surface area contributed by atoms with Crippen LogP contribution in [-0.4, -0.2) is 32.3 Å². The van der Waals surface area contributed by atoms with Gasteiger partial charge in [0.05, 0.1) is 18.9 Å². The average Bonchev–Trinajstić information content (AvgIpc) is 2.66. The fraction of sp³-hybridized carbons (Fsp3) is 0.500. The monoisotopic (exact) mass is 283 g/mol. The highest BCUT2D eigenvalue weighted by Crippen LogP contribution is 2.36. The Hall–Kier alpha value is -1.78. The van der Waals surface area contributed by atoms with Gasteiger partial charge < -0.3 is 20.5 Å². The van der Waals surface area contributed by atoms with Crippen molar-refractivity contribution in [3.05, 3.63) is 10.4 Å². The van der Waals surface area contributed by atoms with Gasteiger partial charge in [-0.2, -0.15) is 5.26 Å². The van der Waals surface area contributed by atoms with Gasteiger partial charge in [0, 0.05) is 13.2 Å². The van der Waals surface area contributed by atoms with Crippen LogP contribution < -0.4 is 11.1 Å². The van der Waals surface area contributed by atoms with Gasteiger partial charge in [0.25, 0.3) is 0 Å². The zero-order valence-electron chi connectivity index (χ0n) is 11.1. The van der Waals surface area contributed by atoms with Crippen molar-refractivity contribution >= 4 is 28.0 Å². The number of nitrogens with zero attached hydrogens (tertiary/aromatic N) is 1. The summed E-state index contributed by atoms with van der Waals surface area (Å²) in [7, 11) is 1.59. The largest absolute Gasteiger partial charge is 0.462 e. The van der Waals surface area contributed by atoms with Crippen LogP contribution in [0.4, 0.5) is 10.7 Å². The third-order valence-corrected chi connectivity index (χ3v) is 3.36. The van der Waals surface area contributed by atoms with E-state index < -0.39 is 5.97 Å². The zero-order chi connectivity index (χ0) is 14.4. The summed E-state index contributed by atoms with van der Waals surface area (Å²) in [4.78, 5) is 12.2. The van der Waals surface area contributed by atoms with Crippen LogP contribution in [0.25, 0.3) is 0 Å². The molecule has 0 aliphatic heterocycles. The number of ether oxygens (including phenoxy) is 2. The highest BCUT2D eigenvalue weighted by molar-refractivity contribution is 7.17. The topological polar surface area (TPSA) is 97.4 Å². The smallest absolute Gasteiger partial charge is 0.343 e. The highest BCUT2D eigenvalue weighted by Gasteiger charge is 2.24. The molecule has 6 nitrogen and oxygen atoms in total. The number of carbonyl (C=O) groups is 1. The minimum absolute atomic E-state index is 0.0113. The van der Waals surface area contributed by atoms with Gasteiger partial charge in [-0.05, 0) is 13.8 Å². The van der Waals surface area contributed by atoms with Crippen molar-refractivity contribution in [2.45, 2.75) is 19.9 Å². The Balaban J connectivity index is 3.08. The summed E-state index contributed by atoms with van der Waals surface area (Å²) in [5.41, 5.74) is 6.20. The number of esters is 1. The molecule has 0 saturated carbocycles. The lowest BCUT2D eigenvalue weighted by Gasteiger charge is -2.13. The normalized spacial score (nSPS) is 11.7. The second-order valence-corrected chi connectivity index (χ2v) is 4.90. The number of rotatable bonds is 6. The lowest BCUT2D eigenvalue weighted by molar-refractivity contribution is 0.0529. The molecule has 0 amide bonds. The van der Waals surface area contributed by atoms with Crippen LogP contribution in [0.2, 0.25) is 0 Å². The van der Waals surface area contributed by atoms with Gasteiger partial charge in [-0.1, -0.05) is 0 Å². The molecule has 0 fully saturated rings. The highest BCUT2D eigenvalue weighted by atomic mass is 32.1. The van der Waals surface area contributed by atoms with E-state index in [0.29, 0.717) is 16.5 Å². The Morgan fingerprint density at radius 3 is 2.84 bits per heavy atom. The van der Waals surface area contributed by atoms with Crippen LogP contribution >= 0.6 is 11.3 Å². The van der Waals surface area contributed by atoms with Gasteiger partial charge in [-0.15, -0.1) is 11.3 Å². The number of methoxy groups -OCH3 is 1. The molecule has 1 aromatic rings. The van der Waals surface area contributed by atoms with Crippen LogP contribution in [0.15, 0.2) is 0 Å². The van der Waals surface area contributed by atoms with Crippen molar-refractivity contribution in [3.8, 4) is 6.07 Å². The second-order valence-electron chi connectivity index (χ2n) is 3.88. The van der Waals surface area contributed by atoms with Crippen LogP contribution in [-0.2, 0) is 9.47 Å². The van der Waals surface area contributed by atoms with Gasteiger partial charge in [0.1, 0.15) is 21.5 Å². The third-order valence-electron chi connectivity index (χ3n) is 2.32. The van der Waals surface area contributed by atoms with Gasteiger partial charge in [-0.25, -0.2) is 4.79 Å². The maximum absolute atomic E-state index is 11.9. The van der Waals surface area contributed by atoms with Gasteiger partial charge >= 0.3 is 5.97 Å². The third kappa shape index (κ3) is 3.59. The lowest BCUT2D eigenvalue weighted by atomic mass is 10.2. The Kier molecular flexibility index (Phi) is 5.60. The fourth-order valence-electron chi connectivity index (χ4n) is 1.55. The SMILES string of the molecule is CCOC(=O)c1c(NC(C)COC)sc(C#N)c1N. The number of nitrogens with two attached hydrogens (primary N) is 1. The summed E-state index contributed by atoms with van der Waals surface area (Å²) in [5.74, 6) is -0.523. The van der Waals surface area contributed by atoms with Gasteiger partial charge in [0.2, 0.25) is 0 Å². The lowest BCUT2D eigenvalue weighted by Crippen LogP contribution is -2.21. The molecule has 0 aliphatic rings. The van der Waals surface area contributed by atoms with E-state index >= 15 is 0 Å². The number of nitriles is 1.